The van der Waals surface area contributed by atoms with Gasteiger partial charge in [-0.1, -0.05) is 24.0 Å². The first-order valence-corrected chi connectivity index (χ1v) is 7.64. The average molecular weight is 284 g/mol. The van der Waals surface area contributed by atoms with Crippen LogP contribution in [0.5, 0.6) is 0 Å². The third-order valence-electron chi connectivity index (χ3n) is 3.07. The highest BCUT2D eigenvalue weighted by Crippen LogP contribution is 2.22. The number of hydrogen-bond donors (Lipinski definition) is 1. The third kappa shape index (κ3) is 3.86. The highest BCUT2D eigenvalue weighted by molar-refractivity contribution is 7.12. The summed E-state index contributed by atoms with van der Waals surface area (Å²) in [6, 6.07) is 12.9. The fraction of sp³-hybridized carbons (Fsp3) is 0.294. The van der Waals surface area contributed by atoms with Crippen molar-refractivity contribution < 1.29 is 0 Å². The average Bonchev–Trinajstić information content (AvgIpc) is 2.90. The van der Waals surface area contributed by atoms with E-state index < -0.39 is 0 Å². The first kappa shape index (κ1) is 14.6. The first-order chi connectivity index (χ1) is 9.72. The Bertz CT molecular complexity index is 619. The smallest absolute Gasteiger partial charge is 0.0772 e. The Morgan fingerprint density at radius 1 is 1.25 bits per heavy atom. The summed E-state index contributed by atoms with van der Waals surface area (Å²) in [5.74, 6) is 5.99. The highest BCUT2D eigenvalue weighted by atomic mass is 32.1. The number of thiophene rings is 1. The molecule has 2 aromatic rings. The van der Waals surface area contributed by atoms with Crippen LogP contribution in [0, 0.1) is 18.8 Å². The van der Waals surface area contributed by atoms with Crippen LogP contribution in [0.4, 0.5) is 5.69 Å². The summed E-state index contributed by atoms with van der Waals surface area (Å²) >= 11 is 1.74. The fourth-order valence-electron chi connectivity index (χ4n) is 2.07. The van der Waals surface area contributed by atoms with E-state index in [0.717, 1.165) is 18.0 Å². The summed E-state index contributed by atoms with van der Waals surface area (Å²) in [5.41, 5.74) is 7.97. The predicted octanol–water partition coefficient (Wildman–Crippen LogP) is 3.39. The van der Waals surface area contributed by atoms with Crippen LogP contribution in [0.2, 0.25) is 0 Å². The molecule has 0 bridgehead atoms. The fourth-order valence-corrected chi connectivity index (χ4v) is 2.96. The number of anilines is 1. The van der Waals surface area contributed by atoms with Crippen molar-refractivity contribution in [2.24, 2.45) is 5.73 Å². The van der Waals surface area contributed by atoms with Gasteiger partial charge in [-0.2, -0.15) is 0 Å². The minimum absolute atomic E-state index is 0.414. The molecule has 0 aliphatic heterocycles. The van der Waals surface area contributed by atoms with Crippen LogP contribution in [0.3, 0.4) is 0 Å². The lowest BCUT2D eigenvalue weighted by Gasteiger charge is -2.22. The van der Waals surface area contributed by atoms with Crippen molar-refractivity contribution in [3.05, 3.63) is 51.7 Å². The molecule has 2 nitrogen and oxygen atoms in total. The molecule has 3 heteroatoms. The van der Waals surface area contributed by atoms with Crippen molar-refractivity contribution in [1.82, 2.24) is 0 Å². The van der Waals surface area contributed by atoms with Crippen LogP contribution in [0.25, 0.3) is 0 Å². The molecule has 1 aromatic heterocycles. The van der Waals surface area contributed by atoms with E-state index in [4.69, 9.17) is 5.73 Å². The van der Waals surface area contributed by atoms with Crippen LogP contribution in [-0.2, 0) is 6.54 Å². The molecular weight excluding hydrogens is 264 g/mol. The summed E-state index contributed by atoms with van der Waals surface area (Å²) < 4.78 is 0. The SMILES string of the molecule is CCN(Cc1ccc(C#CCN)s1)c1cccc(C)c1. The molecule has 2 rings (SSSR count). The Labute approximate surface area is 125 Å². The molecule has 2 N–H and O–H groups in total. The van der Waals surface area contributed by atoms with Crippen molar-refractivity contribution in [2.45, 2.75) is 20.4 Å². The van der Waals surface area contributed by atoms with Gasteiger partial charge in [0.2, 0.25) is 0 Å². The summed E-state index contributed by atoms with van der Waals surface area (Å²) in [7, 11) is 0. The van der Waals surface area contributed by atoms with Gasteiger partial charge in [0.1, 0.15) is 0 Å². The van der Waals surface area contributed by atoms with Gasteiger partial charge in [-0.05, 0) is 43.7 Å². The number of aryl methyl sites for hydroxylation is 1. The van der Waals surface area contributed by atoms with E-state index in [0.29, 0.717) is 6.54 Å². The van der Waals surface area contributed by atoms with E-state index in [9.17, 15) is 0 Å². The molecule has 0 spiro atoms. The molecule has 1 aromatic carbocycles. The second-order valence-corrected chi connectivity index (χ2v) is 5.79. The van der Waals surface area contributed by atoms with Gasteiger partial charge >= 0.3 is 0 Å². The number of rotatable bonds is 4. The number of benzene rings is 1. The second kappa shape index (κ2) is 7.14. The van der Waals surface area contributed by atoms with Gasteiger partial charge < -0.3 is 10.6 Å². The zero-order valence-corrected chi connectivity index (χ0v) is 12.8. The van der Waals surface area contributed by atoms with E-state index >= 15 is 0 Å². The molecule has 20 heavy (non-hydrogen) atoms. The van der Waals surface area contributed by atoms with Gasteiger partial charge in [0.25, 0.3) is 0 Å². The second-order valence-electron chi connectivity index (χ2n) is 4.63. The van der Waals surface area contributed by atoms with Crippen molar-refractivity contribution in [1.29, 1.82) is 0 Å². The molecule has 0 saturated carbocycles. The van der Waals surface area contributed by atoms with E-state index in [-0.39, 0.29) is 0 Å². The van der Waals surface area contributed by atoms with Crippen molar-refractivity contribution in [3.63, 3.8) is 0 Å². The van der Waals surface area contributed by atoms with E-state index in [1.54, 1.807) is 11.3 Å². The van der Waals surface area contributed by atoms with Crippen molar-refractivity contribution >= 4 is 17.0 Å². The van der Waals surface area contributed by atoms with Crippen LogP contribution in [0.15, 0.2) is 36.4 Å². The lowest BCUT2D eigenvalue weighted by molar-refractivity contribution is 0.842. The Kier molecular flexibility index (Phi) is 5.23. The van der Waals surface area contributed by atoms with Crippen molar-refractivity contribution in [3.8, 4) is 11.8 Å². The lowest BCUT2D eigenvalue weighted by atomic mass is 10.2. The number of nitrogens with two attached hydrogens (primary N) is 1. The lowest BCUT2D eigenvalue weighted by Crippen LogP contribution is -2.21. The zero-order chi connectivity index (χ0) is 14.4. The van der Waals surface area contributed by atoms with Gasteiger partial charge in [0.05, 0.1) is 18.0 Å². The van der Waals surface area contributed by atoms with Crippen LogP contribution < -0.4 is 10.6 Å². The Hall–Kier alpha value is -1.76. The van der Waals surface area contributed by atoms with Crippen LogP contribution in [-0.4, -0.2) is 13.1 Å². The molecule has 104 valence electrons. The van der Waals surface area contributed by atoms with Crippen LogP contribution >= 0.6 is 11.3 Å². The molecule has 0 radical (unpaired) electrons. The molecule has 0 amide bonds. The van der Waals surface area contributed by atoms with E-state index in [1.807, 2.05) is 0 Å². The maximum atomic E-state index is 5.40. The van der Waals surface area contributed by atoms with E-state index in [1.165, 1.54) is 16.1 Å². The van der Waals surface area contributed by atoms with E-state index in [2.05, 4.69) is 67.0 Å². The predicted molar refractivity (Wildman–Crippen MR) is 88.2 cm³/mol. The topological polar surface area (TPSA) is 29.3 Å². The highest BCUT2D eigenvalue weighted by Gasteiger charge is 2.07. The molecule has 0 atom stereocenters. The Morgan fingerprint density at radius 2 is 2.10 bits per heavy atom. The summed E-state index contributed by atoms with van der Waals surface area (Å²) in [6.45, 7) is 6.64. The van der Waals surface area contributed by atoms with Gasteiger partial charge in [-0.25, -0.2) is 0 Å². The first-order valence-electron chi connectivity index (χ1n) is 6.82. The van der Waals surface area contributed by atoms with Gasteiger partial charge in [-0.15, -0.1) is 11.3 Å². The minimum atomic E-state index is 0.414. The molecule has 0 fully saturated rings. The zero-order valence-electron chi connectivity index (χ0n) is 12.0. The minimum Gasteiger partial charge on any atom is -0.367 e. The molecule has 0 saturated heterocycles. The standard InChI is InChI=1S/C17H20N2S/c1-3-19(15-7-4-6-14(2)12-15)13-17-10-9-16(20-17)8-5-11-18/h4,6-7,9-10,12H,3,11,13,18H2,1-2H3. The molecular formula is C17H20N2S. The number of hydrogen-bond acceptors (Lipinski definition) is 3. The molecule has 0 unspecified atom stereocenters. The third-order valence-corrected chi connectivity index (χ3v) is 4.06. The van der Waals surface area contributed by atoms with Crippen molar-refractivity contribution in [2.75, 3.05) is 18.0 Å². The maximum Gasteiger partial charge on any atom is 0.0772 e. The van der Waals surface area contributed by atoms with Gasteiger partial charge in [0.15, 0.2) is 0 Å². The Morgan fingerprint density at radius 3 is 2.80 bits per heavy atom. The van der Waals surface area contributed by atoms with Gasteiger partial charge in [-0.3, -0.25) is 0 Å². The maximum absolute atomic E-state index is 5.40. The van der Waals surface area contributed by atoms with Gasteiger partial charge in [0, 0.05) is 17.1 Å². The quantitative estimate of drug-likeness (QED) is 0.872. The number of nitrogens with zero attached hydrogens (tertiary/aromatic N) is 1. The molecule has 0 aliphatic carbocycles. The molecule has 0 aliphatic rings. The normalized spacial score (nSPS) is 9.95. The summed E-state index contributed by atoms with van der Waals surface area (Å²) in [6.07, 6.45) is 0. The summed E-state index contributed by atoms with van der Waals surface area (Å²) in [5, 5.41) is 0. The largest absolute Gasteiger partial charge is 0.367 e. The van der Waals surface area contributed by atoms with Crippen LogP contribution in [0.1, 0.15) is 22.2 Å². The molecule has 1 heterocycles. The monoisotopic (exact) mass is 284 g/mol. The summed E-state index contributed by atoms with van der Waals surface area (Å²) in [4.78, 5) is 4.79. The Balaban J connectivity index is 2.12.